The molecule has 30 heavy (non-hydrogen) atoms. The van der Waals surface area contributed by atoms with Gasteiger partial charge >= 0.3 is 0 Å². The Kier molecular flexibility index (Phi) is 4.14. The number of halogens is 2. The van der Waals surface area contributed by atoms with E-state index >= 15 is 0 Å². The van der Waals surface area contributed by atoms with Gasteiger partial charge in [-0.05, 0) is 61.2 Å². The van der Waals surface area contributed by atoms with Gasteiger partial charge in [0, 0.05) is 24.2 Å². The highest BCUT2D eigenvalue weighted by molar-refractivity contribution is 6.30. The molecule has 2 N–H and O–H groups in total. The number of carbonyl (C=O) groups excluding carboxylic acids is 1. The summed E-state index contributed by atoms with van der Waals surface area (Å²) in [6.07, 6.45) is 1.22. The van der Waals surface area contributed by atoms with Gasteiger partial charge in [-0.25, -0.2) is 9.38 Å². The van der Waals surface area contributed by atoms with Gasteiger partial charge in [0.15, 0.2) is 5.96 Å². The number of nitrogens with two attached hydrogens (primary N) is 1. The van der Waals surface area contributed by atoms with Crippen LogP contribution < -0.4 is 10.5 Å². The Morgan fingerprint density at radius 1 is 1.27 bits per heavy atom. The number of aliphatic imine (C=N–C) groups is 1. The average molecular weight is 430 g/mol. The standard InChI is InChI=1S/C22H21ClFN3O3/c1-21-18(4-3-7-29-21)30-17-6-5-12(13-8-14(23)11-15(24)9-13)10-16(17)22(21)19(28)27(2)20(25)26-22/h5-6,8-11,18H,3-4,7H2,1-2H3,(H2,25,26)/t18?,21-,22+/m0/s1. The van der Waals surface area contributed by atoms with Gasteiger partial charge < -0.3 is 15.2 Å². The highest BCUT2D eigenvalue weighted by Gasteiger charge is 2.68. The summed E-state index contributed by atoms with van der Waals surface area (Å²) in [7, 11) is 1.60. The maximum absolute atomic E-state index is 14.0. The minimum atomic E-state index is -1.38. The Hall–Kier alpha value is -2.64. The maximum Gasteiger partial charge on any atom is 0.265 e. The highest BCUT2D eigenvalue weighted by Crippen LogP contribution is 2.55. The predicted octanol–water partition coefficient (Wildman–Crippen LogP) is 3.46. The van der Waals surface area contributed by atoms with Gasteiger partial charge in [0.05, 0.1) is 0 Å². The Balaban J connectivity index is 1.77. The van der Waals surface area contributed by atoms with E-state index in [0.29, 0.717) is 29.0 Å². The molecule has 3 heterocycles. The van der Waals surface area contributed by atoms with Crippen molar-refractivity contribution in [3.8, 4) is 16.9 Å². The second-order valence-electron chi connectivity index (χ2n) is 8.12. The van der Waals surface area contributed by atoms with Crippen LogP contribution in [0, 0.1) is 5.82 Å². The molecule has 3 atom stereocenters. The first-order valence-electron chi connectivity index (χ1n) is 9.81. The van der Waals surface area contributed by atoms with Crippen molar-refractivity contribution in [1.82, 2.24) is 4.90 Å². The number of rotatable bonds is 1. The van der Waals surface area contributed by atoms with Crippen molar-refractivity contribution in [3.05, 3.63) is 52.8 Å². The Bertz CT molecular complexity index is 1090. The quantitative estimate of drug-likeness (QED) is 0.753. The lowest BCUT2D eigenvalue weighted by Crippen LogP contribution is -2.67. The molecule has 0 radical (unpaired) electrons. The first kappa shape index (κ1) is 19.3. The van der Waals surface area contributed by atoms with Crippen molar-refractivity contribution in [2.75, 3.05) is 13.7 Å². The largest absolute Gasteiger partial charge is 0.487 e. The molecule has 0 bridgehead atoms. The maximum atomic E-state index is 14.0. The number of guanidine groups is 1. The fourth-order valence-electron chi connectivity index (χ4n) is 4.81. The average Bonchev–Trinajstić information content (AvgIpc) is 2.94. The number of hydrogen-bond donors (Lipinski definition) is 1. The normalized spacial score (nSPS) is 30.0. The van der Waals surface area contributed by atoms with Gasteiger partial charge in [-0.2, -0.15) is 0 Å². The first-order valence-corrected chi connectivity index (χ1v) is 10.2. The van der Waals surface area contributed by atoms with Gasteiger partial charge in [-0.15, -0.1) is 0 Å². The fraction of sp³-hybridized carbons (Fsp3) is 0.364. The van der Waals surface area contributed by atoms with Crippen molar-refractivity contribution in [2.45, 2.75) is 37.0 Å². The van der Waals surface area contributed by atoms with E-state index < -0.39 is 17.0 Å². The Morgan fingerprint density at radius 3 is 2.77 bits per heavy atom. The lowest BCUT2D eigenvalue weighted by atomic mass is 9.68. The Morgan fingerprint density at radius 2 is 2.07 bits per heavy atom. The molecule has 8 heteroatoms. The molecule has 1 unspecified atom stereocenters. The van der Waals surface area contributed by atoms with Gasteiger partial charge in [-0.3, -0.25) is 9.69 Å². The molecule has 5 rings (SSSR count). The van der Waals surface area contributed by atoms with E-state index in [2.05, 4.69) is 4.99 Å². The number of carbonyl (C=O) groups is 1. The topological polar surface area (TPSA) is 77.2 Å². The SMILES string of the molecule is CN1C(=O)[C@]2(N=C1N)c1cc(-c3cc(F)cc(Cl)c3)ccc1OC1CCCO[C@@]12C. The van der Waals surface area contributed by atoms with Crippen LogP contribution in [-0.4, -0.2) is 42.1 Å². The number of nitrogens with zero attached hydrogens (tertiary/aromatic N) is 2. The number of amides is 1. The van der Waals surface area contributed by atoms with Crippen LogP contribution >= 0.6 is 11.6 Å². The minimum absolute atomic E-state index is 0.126. The predicted molar refractivity (Wildman–Crippen MR) is 111 cm³/mol. The zero-order valence-electron chi connectivity index (χ0n) is 16.6. The molecule has 1 fully saturated rings. The van der Waals surface area contributed by atoms with Crippen LogP contribution in [0.3, 0.4) is 0 Å². The van der Waals surface area contributed by atoms with Gasteiger partial charge in [-0.1, -0.05) is 17.7 Å². The summed E-state index contributed by atoms with van der Waals surface area (Å²) >= 11 is 6.05. The molecule has 0 aliphatic carbocycles. The van der Waals surface area contributed by atoms with Gasteiger partial charge in [0.1, 0.15) is 23.3 Å². The smallest absolute Gasteiger partial charge is 0.265 e. The summed E-state index contributed by atoms with van der Waals surface area (Å²) in [5.41, 5.74) is 5.52. The van der Waals surface area contributed by atoms with E-state index in [1.54, 1.807) is 25.2 Å². The van der Waals surface area contributed by atoms with E-state index in [1.807, 2.05) is 13.0 Å². The second kappa shape index (κ2) is 6.43. The molecule has 2 aromatic carbocycles. The van der Waals surface area contributed by atoms with Crippen LogP contribution in [0.25, 0.3) is 11.1 Å². The molecule has 6 nitrogen and oxygen atoms in total. The lowest BCUT2D eigenvalue weighted by Gasteiger charge is -2.52. The van der Waals surface area contributed by atoms with Crippen molar-refractivity contribution < 1.29 is 18.7 Å². The van der Waals surface area contributed by atoms with Crippen LogP contribution in [0.4, 0.5) is 4.39 Å². The lowest BCUT2D eigenvalue weighted by molar-refractivity contribution is -0.191. The van der Waals surface area contributed by atoms with Crippen molar-refractivity contribution in [1.29, 1.82) is 0 Å². The van der Waals surface area contributed by atoms with Crippen molar-refractivity contribution in [3.63, 3.8) is 0 Å². The van der Waals surface area contributed by atoms with E-state index in [-0.39, 0.29) is 23.0 Å². The molecule has 3 aliphatic heterocycles. The molecule has 0 aromatic heterocycles. The van der Waals surface area contributed by atoms with E-state index in [4.69, 9.17) is 26.8 Å². The van der Waals surface area contributed by atoms with Crippen LogP contribution in [0.5, 0.6) is 5.75 Å². The summed E-state index contributed by atoms with van der Waals surface area (Å²) in [6, 6.07) is 9.72. The highest BCUT2D eigenvalue weighted by atomic mass is 35.5. The molecule has 1 saturated heterocycles. The molecule has 1 spiro atoms. The first-order chi connectivity index (χ1) is 14.3. The fourth-order valence-corrected chi connectivity index (χ4v) is 5.03. The van der Waals surface area contributed by atoms with E-state index in [9.17, 15) is 9.18 Å². The second-order valence-corrected chi connectivity index (χ2v) is 8.55. The van der Waals surface area contributed by atoms with Gasteiger partial charge in [0.2, 0.25) is 5.54 Å². The molecular weight excluding hydrogens is 409 g/mol. The summed E-state index contributed by atoms with van der Waals surface area (Å²) in [5.74, 6) is -0.0354. The Labute approximate surface area is 178 Å². The molecular formula is C22H21ClFN3O3. The van der Waals surface area contributed by atoms with E-state index in [0.717, 1.165) is 12.8 Å². The summed E-state index contributed by atoms with van der Waals surface area (Å²) < 4.78 is 26.4. The van der Waals surface area contributed by atoms with Crippen molar-refractivity contribution >= 4 is 23.5 Å². The van der Waals surface area contributed by atoms with Crippen LogP contribution in [-0.2, 0) is 15.1 Å². The molecule has 0 saturated carbocycles. The number of fused-ring (bicyclic) bond motifs is 4. The van der Waals surface area contributed by atoms with Crippen LogP contribution in [0.1, 0.15) is 25.3 Å². The van der Waals surface area contributed by atoms with Crippen LogP contribution in [0.15, 0.2) is 41.4 Å². The third kappa shape index (κ3) is 2.45. The zero-order chi connectivity index (χ0) is 21.3. The molecule has 156 valence electrons. The number of hydrogen-bond acceptors (Lipinski definition) is 5. The minimum Gasteiger partial charge on any atom is -0.487 e. The van der Waals surface area contributed by atoms with Crippen molar-refractivity contribution in [2.24, 2.45) is 10.7 Å². The molecule has 2 aromatic rings. The molecule has 1 amide bonds. The zero-order valence-corrected chi connectivity index (χ0v) is 17.4. The number of benzene rings is 2. The van der Waals surface area contributed by atoms with Gasteiger partial charge in [0.25, 0.3) is 5.91 Å². The third-order valence-corrected chi connectivity index (χ3v) is 6.64. The monoisotopic (exact) mass is 429 g/mol. The number of ether oxygens (including phenoxy) is 2. The molecule has 3 aliphatic rings. The summed E-state index contributed by atoms with van der Waals surface area (Å²) in [6.45, 7) is 2.36. The van der Waals surface area contributed by atoms with Crippen LogP contribution in [0.2, 0.25) is 5.02 Å². The number of likely N-dealkylation sites (N-methyl/N-ethyl adjacent to an activating group) is 1. The summed E-state index contributed by atoms with van der Waals surface area (Å²) in [5, 5.41) is 0.287. The summed E-state index contributed by atoms with van der Waals surface area (Å²) in [4.78, 5) is 19.6. The van der Waals surface area contributed by atoms with E-state index in [1.165, 1.54) is 17.0 Å². The third-order valence-electron chi connectivity index (χ3n) is 6.42.